The van der Waals surface area contributed by atoms with E-state index in [-0.39, 0.29) is 4.90 Å². The van der Waals surface area contributed by atoms with Crippen LogP contribution < -0.4 is 4.72 Å². The van der Waals surface area contributed by atoms with Crippen molar-refractivity contribution in [2.45, 2.75) is 22.5 Å². The number of hydrogen-bond donors (Lipinski definition) is 1. The Kier molecular flexibility index (Phi) is 5.60. The quantitative estimate of drug-likeness (QED) is 0.376. The maximum absolute atomic E-state index is 12.9. The molecule has 0 amide bonds. The number of sulfonamides is 1. The molecule has 0 heterocycles. The third-order valence-electron chi connectivity index (χ3n) is 4.72. The molecule has 0 radical (unpaired) electrons. The second-order valence-electron chi connectivity index (χ2n) is 6.87. The maximum atomic E-state index is 12.9. The van der Waals surface area contributed by atoms with Gasteiger partial charge in [0.1, 0.15) is 0 Å². The molecule has 4 rings (SSSR count). The Labute approximate surface area is 175 Å². The van der Waals surface area contributed by atoms with Crippen molar-refractivity contribution >= 4 is 38.2 Å². The molecule has 0 aromatic heterocycles. The van der Waals surface area contributed by atoms with Crippen molar-refractivity contribution in [2.24, 2.45) is 0 Å². The van der Waals surface area contributed by atoms with Gasteiger partial charge in [-0.3, -0.25) is 4.72 Å². The summed E-state index contributed by atoms with van der Waals surface area (Å²) in [7, 11) is -3.65. The van der Waals surface area contributed by atoms with Crippen LogP contribution in [0.1, 0.15) is 11.1 Å². The Morgan fingerprint density at radius 1 is 0.793 bits per heavy atom. The second kappa shape index (κ2) is 8.31. The van der Waals surface area contributed by atoms with Crippen molar-refractivity contribution in [2.75, 3.05) is 4.72 Å². The minimum atomic E-state index is -3.65. The van der Waals surface area contributed by atoms with E-state index in [2.05, 4.69) is 16.9 Å². The molecule has 0 unspecified atom stereocenters. The zero-order chi connectivity index (χ0) is 20.3. The van der Waals surface area contributed by atoms with Crippen molar-refractivity contribution in [3.05, 3.63) is 102 Å². The van der Waals surface area contributed by atoms with Gasteiger partial charge < -0.3 is 0 Å². The number of nitrogens with one attached hydrogen (secondary N) is 1. The third kappa shape index (κ3) is 4.63. The van der Waals surface area contributed by atoms with E-state index in [1.54, 1.807) is 23.9 Å². The fourth-order valence-corrected chi connectivity index (χ4v) is 5.18. The van der Waals surface area contributed by atoms with Crippen LogP contribution in [0.2, 0.25) is 0 Å². The van der Waals surface area contributed by atoms with Gasteiger partial charge in [0.25, 0.3) is 10.0 Å². The second-order valence-corrected chi connectivity index (χ2v) is 9.60. The summed E-state index contributed by atoms with van der Waals surface area (Å²) in [5.74, 6) is 0.836. The summed E-state index contributed by atoms with van der Waals surface area (Å²) in [5, 5.41) is 1.92. The summed E-state index contributed by atoms with van der Waals surface area (Å²) in [6.45, 7) is 1.93. The van der Waals surface area contributed by atoms with Gasteiger partial charge in [-0.15, -0.1) is 11.8 Å². The molecule has 0 saturated heterocycles. The fourth-order valence-electron chi connectivity index (χ4n) is 3.15. The number of benzene rings is 4. The van der Waals surface area contributed by atoms with E-state index in [0.717, 1.165) is 27.7 Å². The van der Waals surface area contributed by atoms with Crippen LogP contribution >= 0.6 is 11.8 Å². The van der Waals surface area contributed by atoms with E-state index in [4.69, 9.17) is 0 Å². The highest BCUT2D eigenvalue weighted by Gasteiger charge is 2.16. The predicted molar refractivity (Wildman–Crippen MR) is 122 cm³/mol. The summed E-state index contributed by atoms with van der Waals surface area (Å²) >= 11 is 1.76. The van der Waals surface area contributed by atoms with Gasteiger partial charge in [0.2, 0.25) is 0 Å². The van der Waals surface area contributed by atoms with Gasteiger partial charge in [-0.1, -0.05) is 60.7 Å². The first kappa shape index (κ1) is 19.6. The average Bonchev–Trinajstić information content (AvgIpc) is 2.74. The first-order chi connectivity index (χ1) is 14.0. The Balaban J connectivity index is 1.51. The van der Waals surface area contributed by atoms with E-state index in [1.165, 1.54) is 4.90 Å². The first-order valence-corrected chi connectivity index (χ1v) is 11.8. The highest BCUT2D eigenvalue weighted by Crippen LogP contribution is 2.27. The maximum Gasteiger partial charge on any atom is 0.261 e. The van der Waals surface area contributed by atoms with Gasteiger partial charge in [-0.25, -0.2) is 8.42 Å². The van der Waals surface area contributed by atoms with Gasteiger partial charge in [0, 0.05) is 10.6 Å². The van der Waals surface area contributed by atoms with Gasteiger partial charge >= 0.3 is 0 Å². The van der Waals surface area contributed by atoms with Crippen molar-refractivity contribution in [1.29, 1.82) is 0 Å². The number of aryl methyl sites for hydroxylation is 1. The molecule has 0 saturated carbocycles. The van der Waals surface area contributed by atoms with Crippen molar-refractivity contribution in [1.82, 2.24) is 0 Å². The molecule has 0 fully saturated rings. The Hall–Kier alpha value is -2.76. The van der Waals surface area contributed by atoms with Crippen LogP contribution in [0.25, 0.3) is 10.8 Å². The molecule has 0 aliphatic rings. The van der Waals surface area contributed by atoms with E-state index in [1.807, 2.05) is 73.7 Å². The summed E-state index contributed by atoms with van der Waals surface area (Å²) in [5.41, 5.74) is 2.66. The van der Waals surface area contributed by atoms with Crippen LogP contribution in [0.15, 0.2) is 101 Å². The van der Waals surface area contributed by atoms with Crippen LogP contribution in [0.4, 0.5) is 5.69 Å². The average molecular weight is 420 g/mol. The van der Waals surface area contributed by atoms with Crippen LogP contribution in [-0.4, -0.2) is 8.42 Å². The summed E-state index contributed by atoms with van der Waals surface area (Å²) in [6.07, 6.45) is 0. The molecule has 0 atom stereocenters. The van der Waals surface area contributed by atoms with Crippen LogP contribution in [0, 0.1) is 6.92 Å². The Bertz CT molecular complexity index is 1250. The lowest BCUT2D eigenvalue weighted by atomic mass is 10.1. The monoisotopic (exact) mass is 419 g/mol. The van der Waals surface area contributed by atoms with Crippen molar-refractivity contribution in [3.63, 3.8) is 0 Å². The number of anilines is 1. The van der Waals surface area contributed by atoms with Gasteiger partial charge in [0.15, 0.2) is 0 Å². The topological polar surface area (TPSA) is 46.2 Å². The number of rotatable bonds is 6. The van der Waals surface area contributed by atoms with Crippen LogP contribution in [0.3, 0.4) is 0 Å². The number of thioether (sulfide) groups is 1. The largest absolute Gasteiger partial charge is 0.279 e. The minimum absolute atomic E-state index is 0.263. The molecule has 5 heteroatoms. The predicted octanol–water partition coefficient (Wildman–Crippen LogP) is 6.24. The Morgan fingerprint density at radius 3 is 2.28 bits per heavy atom. The highest BCUT2D eigenvalue weighted by molar-refractivity contribution is 7.98. The Morgan fingerprint density at radius 2 is 1.52 bits per heavy atom. The van der Waals surface area contributed by atoms with E-state index >= 15 is 0 Å². The molecule has 3 nitrogen and oxygen atoms in total. The zero-order valence-corrected chi connectivity index (χ0v) is 17.6. The normalized spacial score (nSPS) is 11.5. The lowest BCUT2D eigenvalue weighted by Crippen LogP contribution is -2.13. The lowest BCUT2D eigenvalue weighted by Gasteiger charge is -2.12. The van der Waals surface area contributed by atoms with Crippen molar-refractivity contribution < 1.29 is 8.42 Å². The molecule has 4 aromatic rings. The molecule has 4 aromatic carbocycles. The molecular formula is C24H21NO2S2. The van der Waals surface area contributed by atoms with E-state index in [0.29, 0.717) is 5.69 Å². The molecule has 0 aliphatic heterocycles. The smallest absolute Gasteiger partial charge is 0.261 e. The standard InChI is InChI=1S/C24H21NO2S2/c1-18-15-19(17-28-22-9-3-2-4-10-22)11-14-24(18)25-29(26,27)23-13-12-20-7-5-6-8-21(20)16-23/h2-16,25H,17H2,1H3. The van der Waals surface area contributed by atoms with E-state index < -0.39 is 10.0 Å². The minimum Gasteiger partial charge on any atom is -0.279 e. The highest BCUT2D eigenvalue weighted by atomic mass is 32.2. The van der Waals surface area contributed by atoms with E-state index in [9.17, 15) is 8.42 Å². The number of fused-ring (bicyclic) bond motifs is 1. The molecule has 29 heavy (non-hydrogen) atoms. The summed E-state index contributed by atoms with van der Waals surface area (Å²) in [4.78, 5) is 1.48. The SMILES string of the molecule is Cc1cc(CSc2ccccc2)ccc1NS(=O)(=O)c1ccc2ccccc2c1. The molecule has 0 aliphatic carbocycles. The zero-order valence-electron chi connectivity index (χ0n) is 16.0. The molecule has 1 N–H and O–H groups in total. The van der Waals surface area contributed by atoms with Gasteiger partial charge in [0.05, 0.1) is 10.6 Å². The van der Waals surface area contributed by atoms with Gasteiger partial charge in [-0.2, -0.15) is 0 Å². The molecule has 146 valence electrons. The van der Waals surface area contributed by atoms with Crippen molar-refractivity contribution in [3.8, 4) is 0 Å². The third-order valence-corrected chi connectivity index (χ3v) is 7.16. The molecule has 0 bridgehead atoms. The molecular weight excluding hydrogens is 398 g/mol. The first-order valence-electron chi connectivity index (χ1n) is 9.30. The summed E-state index contributed by atoms with van der Waals surface area (Å²) in [6, 6.07) is 29.0. The van der Waals surface area contributed by atoms with Crippen LogP contribution in [-0.2, 0) is 15.8 Å². The summed E-state index contributed by atoms with van der Waals surface area (Å²) < 4.78 is 28.5. The molecule has 0 spiro atoms. The fraction of sp³-hybridized carbons (Fsp3) is 0.0833. The van der Waals surface area contributed by atoms with Gasteiger partial charge in [-0.05, 0) is 59.2 Å². The number of hydrogen-bond acceptors (Lipinski definition) is 3. The van der Waals surface area contributed by atoms with Crippen LogP contribution in [0.5, 0.6) is 0 Å². The lowest BCUT2D eigenvalue weighted by molar-refractivity contribution is 0.601.